The van der Waals surface area contributed by atoms with Gasteiger partial charge in [0.05, 0.1) is 29.2 Å². The number of benzene rings is 1. The molecule has 6 heterocycles. The first-order valence-corrected chi connectivity index (χ1v) is 13.2. The topological polar surface area (TPSA) is 92.3 Å². The first kappa shape index (κ1) is 23.7. The fraction of sp³-hybridized carbons (Fsp3) is 0.481. The van der Waals surface area contributed by atoms with E-state index < -0.39 is 12.0 Å². The molecule has 2 unspecified atom stereocenters. The molecule has 0 saturated carbocycles. The van der Waals surface area contributed by atoms with E-state index >= 15 is 4.39 Å². The number of H-pyrrole nitrogens is 1. The van der Waals surface area contributed by atoms with Gasteiger partial charge in [0, 0.05) is 49.8 Å². The van der Waals surface area contributed by atoms with Gasteiger partial charge in [-0.1, -0.05) is 12.1 Å². The summed E-state index contributed by atoms with van der Waals surface area (Å²) in [5, 5.41) is 8.32. The molecule has 9 nitrogen and oxygen atoms in total. The number of ether oxygens (including phenoxy) is 2. The van der Waals surface area contributed by atoms with Crippen molar-refractivity contribution in [3.05, 3.63) is 36.4 Å². The maximum Gasteiger partial charge on any atom is 0.319 e. The predicted octanol–water partition coefficient (Wildman–Crippen LogP) is 3.89. The number of fused-ring (bicyclic) bond motifs is 3. The van der Waals surface area contributed by atoms with E-state index in [9.17, 15) is 4.39 Å². The van der Waals surface area contributed by atoms with E-state index in [-0.39, 0.29) is 29.4 Å². The maximum atomic E-state index is 16.3. The minimum atomic E-state index is -0.860. The van der Waals surface area contributed by atoms with E-state index in [1.807, 2.05) is 18.2 Å². The molecule has 3 aliphatic rings. The van der Waals surface area contributed by atoms with Crippen LogP contribution in [0.3, 0.4) is 0 Å². The highest BCUT2D eigenvalue weighted by atomic mass is 19.1. The van der Waals surface area contributed by atoms with Gasteiger partial charge in [-0.3, -0.25) is 15.0 Å². The van der Waals surface area contributed by atoms with Crippen molar-refractivity contribution >= 4 is 27.6 Å². The molecule has 0 spiro atoms. The summed E-state index contributed by atoms with van der Waals surface area (Å²) in [6, 6.07) is 5.64. The van der Waals surface area contributed by atoms with Gasteiger partial charge in [-0.05, 0) is 31.9 Å². The van der Waals surface area contributed by atoms with Crippen molar-refractivity contribution in [3.63, 3.8) is 0 Å². The molecule has 3 aromatic heterocycles. The Kier molecular flexibility index (Phi) is 5.85. The van der Waals surface area contributed by atoms with Crippen molar-refractivity contribution in [2.75, 3.05) is 50.9 Å². The largest absolute Gasteiger partial charge is 0.461 e. The fourth-order valence-corrected chi connectivity index (χ4v) is 6.30. The average molecular weight is 522 g/mol. The molecule has 3 saturated heterocycles. The summed E-state index contributed by atoms with van der Waals surface area (Å²) >= 11 is 0. The highest BCUT2D eigenvalue weighted by molar-refractivity contribution is 5.97. The zero-order valence-corrected chi connectivity index (χ0v) is 21.0. The van der Waals surface area contributed by atoms with Crippen LogP contribution < -0.4 is 9.64 Å². The van der Waals surface area contributed by atoms with Crippen LogP contribution in [0.5, 0.6) is 6.01 Å². The first-order chi connectivity index (χ1) is 18.6. The summed E-state index contributed by atoms with van der Waals surface area (Å²) in [6.45, 7) is 4.12. The van der Waals surface area contributed by atoms with Crippen LogP contribution in [-0.4, -0.2) is 87.8 Å². The molecule has 38 heavy (non-hydrogen) atoms. The van der Waals surface area contributed by atoms with Crippen molar-refractivity contribution in [1.29, 1.82) is 0 Å². The van der Waals surface area contributed by atoms with Crippen molar-refractivity contribution in [2.45, 2.75) is 37.4 Å². The number of rotatable bonds is 5. The Balaban J connectivity index is 1.32. The number of nitrogens with zero attached hydrogens (tertiary/aromatic N) is 6. The SMILES string of the molecule is Fc1c(-c2cccc3[nH]ncc23)ncc2c(N3CCCOCC3)nc(OCC34CCCN3CC(F)C4)nc12. The van der Waals surface area contributed by atoms with Gasteiger partial charge in [-0.2, -0.15) is 15.1 Å². The summed E-state index contributed by atoms with van der Waals surface area (Å²) in [4.78, 5) is 18.1. The molecule has 0 aliphatic carbocycles. The van der Waals surface area contributed by atoms with E-state index in [4.69, 9.17) is 14.5 Å². The number of nitrogens with one attached hydrogen (secondary N) is 1. The van der Waals surface area contributed by atoms with Crippen LogP contribution in [0.2, 0.25) is 0 Å². The molecule has 4 aromatic rings. The summed E-state index contributed by atoms with van der Waals surface area (Å²) in [6.07, 6.45) is 5.59. The van der Waals surface area contributed by atoms with Crippen molar-refractivity contribution in [1.82, 2.24) is 30.0 Å². The van der Waals surface area contributed by atoms with Gasteiger partial charge in [-0.25, -0.2) is 8.78 Å². The second-order valence-corrected chi connectivity index (χ2v) is 10.5. The Morgan fingerprint density at radius 3 is 3.00 bits per heavy atom. The van der Waals surface area contributed by atoms with Crippen LogP contribution in [-0.2, 0) is 4.74 Å². The lowest BCUT2D eigenvalue weighted by Gasteiger charge is -2.31. The van der Waals surface area contributed by atoms with E-state index in [0.717, 1.165) is 36.7 Å². The second-order valence-electron chi connectivity index (χ2n) is 10.5. The number of alkyl halides is 1. The summed E-state index contributed by atoms with van der Waals surface area (Å²) in [5.74, 6) is 0.0339. The van der Waals surface area contributed by atoms with Gasteiger partial charge < -0.3 is 14.4 Å². The molecule has 3 aliphatic heterocycles. The molecule has 0 amide bonds. The summed E-state index contributed by atoms with van der Waals surface area (Å²) in [5.41, 5.74) is 1.41. The molecule has 1 aromatic carbocycles. The predicted molar refractivity (Wildman–Crippen MR) is 139 cm³/mol. The van der Waals surface area contributed by atoms with Crippen LogP contribution in [0.15, 0.2) is 30.6 Å². The Morgan fingerprint density at radius 2 is 2.05 bits per heavy atom. The lowest BCUT2D eigenvalue weighted by atomic mass is 9.95. The zero-order chi connectivity index (χ0) is 25.7. The van der Waals surface area contributed by atoms with Crippen LogP contribution in [0.4, 0.5) is 14.6 Å². The van der Waals surface area contributed by atoms with Crippen molar-refractivity contribution in [3.8, 4) is 17.3 Å². The van der Waals surface area contributed by atoms with Gasteiger partial charge in [0.25, 0.3) is 0 Å². The number of hydrogen-bond acceptors (Lipinski definition) is 8. The number of anilines is 1. The number of hydrogen-bond donors (Lipinski definition) is 1. The van der Waals surface area contributed by atoms with Crippen LogP contribution in [0, 0.1) is 5.82 Å². The molecule has 198 valence electrons. The van der Waals surface area contributed by atoms with Crippen molar-refractivity contribution in [2.24, 2.45) is 0 Å². The molecule has 1 N–H and O–H groups in total. The minimum absolute atomic E-state index is 0.0961. The molecule has 2 atom stereocenters. The van der Waals surface area contributed by atoms with Gasteiger partial charge in [-0.15, -0.1) is 0 Å². The Hall–Kier alpha value is -3.44. The lowest BCUT2D eigenvalue weighted by Crippen LogP contribution is -2.43. The van der Waals surface area contributed by atoms with E-state index in [2.05, 4.69) is 30.0 Å². The maximum absolute atomic E-state index is 16.3. The molecular weight excluding hydrogens is 492 g/mol. The van der Waals surface area contributed by atoms with Gasteiger partial charge in [0.2, 0.25) is 0 Å². The number of pyridine rings is 1. The second kappa shape index (κ2) is 9.39. The van der Waals surface area contributed by atoms with Gasteiger partial charge in [0.15, 0.2) is 5.82 Å². The fourth-order valence-electron chi connectivity index (χ4n) is 6.30. The van der Waals surface area contributed by atoms with Crippen molar-refractivity contribution < 1.29 is 18.3 Å². The monoisotopic (exact) mass is 521 g/mol. The highest BCUT2D eigenvalue weighted by Crippen LogP contribution is 2.41. The number of aromatic amines is 1. The third-order valence-corrected chi connectivity index (χ3v) is 8.14. The lowest BCUT2D eigenvalue weighted by molar-refractivity contribution is 0.107. The van der Waals surface area contributed by atoms with Crippen LogP contribution >= 0.6 is 0 Å². The van der Waals surface area contributed by atoms with E-state index in [1.165, 1.54) is 0 Å². The highest BCUT2D eigenvalue weighted by Gasteiger charge is 2.49. The third kappa shape index (κ3) is 3.95. The Bertz CT molecular complexity index is 1490. The number of aromatic nitrogens is 5. The quantitative estimate of drug-likeness (QED) is 0.423. The Labute approximate surface area is 218 Å². The third-order valence-electron chi connectivity index (χ3n) is 8.14. The standard InChI is InChI=1S/C27H29F2N7O2/c28-17-12-27(6-2-8-36(27)15-17)16-38-26-32-24-20(25(33-26)35-7-3-10-37-11-9-35)13-30-23(22(24)29)18-4-1-5-21-19(18)14-31-34-21/h1,4-5,13-14,17H,2-3,6-12,15-16H2,(H,31,34). The van der Waals surface area contributed by atoms with Gasteiger partial charge >= 0.3 is 6.01 Å². The van der Waals surface area contributed by atoms with Crippen LogP contribution in [0.25, 0.3) is 33.1 Å². The summed E-state index contributed by atoms with van der Waals surface area (Å²) < 4.78 is 42.4. The molecule has 3 fully saturated rings. The molecular formula is C27H29F2N7O2. The molecule has 0 radical (unpaired) electrons. The smallest absolute Gasteiger partial charge is 0.319 e. The minimum Gasteiger partial charge on any atom is -0.461 e. The van der Waals surface area contributed by atoms with Crippen LogP contribution in [0.1, 0.15) is 25.7 Å². The van der Waals surface area contributed by atoms with E-state index in [1.54, 1.807) is 12.4 Å². The molecule has 0 bridgehead atoms. The molecule has 7 rings (SSSR count). The summed E-state index contributed by atoms with van der Waals surface area (Å²) in [7, 11) is 0. The van der Waals surface area contributed by atoms with Gasteiger partial charge in [0.1, 0.15) is 29.8 Å². The average Bonchev–Trinajstić information content (AvgIpc) is 3.55. The normalized spacial score (nSPS) is 24.3. The zero-order valence-electron chi connectivity index (χ0n) is 21.0. The number of halogens is 2. The molecule has 11 heteroatoms. The Morgan fingerprint density at radius 1 is 1.11 bits per heavy atom. The first-order valence-electron chi connectivity index (χ1n) is 13.2. The van der Waals surface area contributed by atoms with E-state index in [0.29, 0.717) is 56.0 Å².